The summed E-state index contributed by atoms with van der Waals surface area (Å²) in [5.74, 6) is 0.00351. The predicted octanol–water partition coefficient (Wildman–Crippen LogP) is -0.369. The second-order valence-electron chi connectivity index (χ2n) is 4.59. The Bertz CT molecular complexity index is 545. The van der Waals surface area contributed by atoms with Crippen LogP contribution in [0.5, 0.6) is 0 Å². The highest BCUT2D eigenvalue weighted by Gasteiger charge is 2.46. The van der Waals surface area contributed by atoms with Crippen molar-refractivity contribution in [2.24, 2.45) is 0 Å². The van der Waals surface area contributed by atoms with Crippen molar-refractivity contribution in [2.75, 3.05) is 18.8 Å². The summed E-state index contributed by atoms with van der Waals surface area (Å²) in [6.07, 6.45) is 1.96. The van der Waals surface area contributed by atoms with Crippen LogP contribution in [0.3, 0.4) is 0 Å². The van der Waals surface area contributed by atoms with Gasteiger partial charge in [-0.25, -0.2) is 8.42 Å². The minimum atomic E-state index is -3.64. The molecule has 18 heavy (non-hydrogen) atoms. The summed E-state index contributed by atoms with van der Waals surface area (Å²) >= 11 is 0. The molecule has 2 heterocycles. The molecule has 0 atom stereocenters. The minimum absolute atomic E-state index is 0.00351. The van der Waals surface area contributed by atoms with Crippen LogP contribution in [0, 0.1) is 0 Å². The van der Waals surface area contributed by atoms with Crippen molar-refractivity contribution in [1.29, 1.82) is 0 Å². The van der Waals surface area contributed by atoms with Gasteiger partial charge in [0.25, 0.3) is 0 Å². The van der Waals surface area contributed by atoms with Gasteiger partial charge in [-0.15, -0.1) is 0 Å². The molecule has 0 aliphatic carbocycles. The lowest BCUT2D eigenvalue weighted by Gasteiger charge is -2.44. The van der Waals surface area contributed by atoms with Gasteiger partial charge in [0.05, 0.1) is 5.60 Å². The minimum Gasteiger partial charge on any atom is -0.387 e. The van der Waals surface area contributed by atoms with Crippen molar-refractivity contribution in [3.63, 3.8) is 0 Å². The highest BCUT2D eigenvalue weighted by Crippen LogP contribution is 2.31. The number of hydrogen-bond donors (Lipinski definition) is 2. The molecule has 1 aromatic rings. The van der Waals surface area contributed by atoms with E-state index in [1.807, 2.05) is 13.8 Å². The van der Waals surface area contributed by atoms with E-state index in [1.165, 1.54) is 15.2 Å². The molecule has 8 heteroatoms. The number of aliphatic hydroxyl groups is 1. The molecular formula is C10H18N4O3S. The third-order valence-corrected chi connectivity index (χ3v) is 5.10. The van der Waals surface area contributed by atoms with Gasteiger partial charge >= 0.3 is 0 Å². The molecule has 2 rings (SSSR count). The molecule has 1 fully saturated rings. The van der Waals surface area contributed by atoms with Crippen molar-refractivity contribution < 1.29 is 13.5 Å². The molecule has 1 saturated heterocycles. The van der Waals surface area contributed by atoms with Crippen LogP contribution in [0.2, 0.25) is 0 Å². The van der Waals surface area contributed by atoms with Crippen LogP contribution >= 0.6 is 0 Å². The van der Waals surface area contributed by atoms with Crippen molar-refractivity contribution in [3.05, 3.63) is 6.20 Å². The lowest BCUT2D eigenvalue weighted by atomic mass is 9.94. The zero-order valence-electron chi connectivity index (χ0n) is 10.5. The van der Waals surface area contributed by atoms with Gasteiger partial charge in [-0.3, -0.25) is 4.68 Å². The highest BCUT2D eigenvalue weighted by atomic mass is 32.2. The summed E-state index contributed by atoms with van der Waals surface area (Å²) < 4.78 is 27.2. The summed E-state index contributed by atoms with van der Waals surface area (Å²) in [5, 5.41) is 13.8. The molecule has 0 aromatic carbocycles. The van der Waals surface area contributed by atoms with E-state index in [1.54, 1.807) is 0 Å². The molecule has 102 valence electrons. The van der Waals surface area contributed by atoms with Crippen LogP contribution in [0.4, 0.5) is 5.82 Å². The Morgan fingerprint density at radius 2 is 2.11 bits per heavy atom. The average Bonchev–Trinajstić information content (AvgIpc) is 2.67. The molecular weight excluding hydrogens is 256 g/mol. The first-order valence-corrected chi connectivity index (χ1v) is 7.32. The first-order valence-electron chi connectivity index (χ1n) is 5.88. The summed E-state index contributed by atoms with van der Waals surface area (Å²) in [4.78, 5) is 0.0162. The Morgan fingerprint density at radius 3 is 2.56 bits per heavy atom. The van der Waals surface area contributed by atoms with Gasteiger partial charge in [0.2, 0.25) is 10.0 Å². The van der Waals surface area contributed by atoms with Gasteiger partial charge in [-0.2, -0.15) is 9.40 Å². The molecule has 7 nitrogen and oxygen atoms in total. The molecule has 1 aliphatic heterocycles. The number of rotatable bonds is 4. The summed E-state index contributed by atoms with van der Waals surface area (Å²) in [5.41, 5.74) is 4.72. The van der Waals surface area contributed by atoms with Crippen molar-refractivity contribution in [1.82, 2.24) is 14.1 Å². The van der Waals surface area contributed by atoms with E-state index < -0.39 is 15.6 Å². The maximum absolute atomic E-state index is 12.2. The monoisotopic (exact) mass is 274 g/mol. The fraction of sp³-hybridized carbons (Fsp3) is 0.700. The third-order valence-electron chi connectivity index (χ3n) is 3.30. The van der Waals surface area contributed by atoms with Crippen LogP contribution in [0.15, 0.2) is 11.1 Å². The van der Waals surface area contributed by atoms with Crippen molar-refractivity contribution >= 4 is 15.8 Å². The van der Waals surface area contributed by atoms with Gasteiger partial charge in [0.1, 0.15) is 4.90 Å². The Hall–Kier alpha value is -1.12. The van der Waals surface area contributed by atoms with Crippen molar-refractivity contribution in [3.8, 4) is 0 Å². The zero-order chi connectivity index (χ0) is 13.6. The fourth-order valence-electron chi connectivity index (χ4n) is 1.92. The molecule has 0 spiro atoms. The Labute approximate surface area is 106 Å². The number of anilines is 1. The first-order chi connectivity index (χ1) is 8.32. The second kappa shape index (κ2) is 4.22. The number of hydrogen-bond acceptors (Lipinski definition) is 5. The average molecular weight is 274 g/mol. The molecule has 3 N–H and O–H groups in total. The predicted molar refractivity (Wildman–Crippen MR) is 66.3 cm³/mol. The number of sulfonamides is 1. The standard InChI is InChI=1S/C10H18N4O3S/c1-3-10(15)6-14(7-10)18(16,17)8-5-13(4-2)12-9(8)11/h5,15H,3-4,6-7H2,1-2H3,(H2,11,12). The van der Waals surface area contributed by atoms with Gasteiger partial charge in [-0.05, 0) is 13.3 Å². The van der Waals surface area contributed by atoms with E-state index in [4.69, 9.17) is 5.73 Å². The van der Waals surface area contributed by atoms with Crippen LogP contribution in [-0.4, -0.2) is 46.3 Å². The number of aryl methyl sites for hydroxylation is 1. The molecule has 0 saturated carbocycles. The van der Waals surface area contributed by atoms with E-state index in [0.29, 0.717) is 13.0 Å². The zero-order valence-corrected chi connectivity index (χ0v) is 11.3. The van der Waals surface area contributed by atoms with E-state index in [-0.39, 0.29) is 23.8 Å². The molecule has 0 amide bonds. The second-order valence-corrected chi connectivity index (χ2v) is 6.49. The van der Waals surface area contributed by atoms with E-state index in [0.717, 1.165) is 0 Å². The summed E-state index contributed by atoms with van der Waals surface area (Å²) in [6, 6.07) is 0. The topological polar surface area (TPSA) is 101 Å². The van der Waals surface area contributed by atoms with Crippen molar-refractivity contribution in [2.45, 2.75) is 37.3 Å². The molecule has 0 unspecified atom stereocenters. The number of aromatic nitrogens is 2. The van der Waals surface area contributed by atoms with Crippen LogP contribution in [0.1, 0.15) is 20.3 Å². The van der Waals surface area contributed by atoms with Gasteiger partial charge < -0.3 is 10.8 Å². The highest BCUT2D eigenvalue weighted by molar-refractivity contribution is 7.89. The summed E-state index contributed by atoms with van der Waals surface area (Å²) in [6.45, 7) is 4.46. The number of nitrogen functional groups attached to an aromatic ring is 1. The van der Waals surface area contributed by atoms with Crippen LogP contribution < -0.4 is 5.73 Å². The Kier molecular flexibility index (Phi) is 3.12. The van der Waals surface area contributed by atoms with Gasteiger partial charge in [0.15, 0.2) is 5.82 Å². The molecule has 0 bridgehead atoms. The van der Waals surface area contributed by atoms with Crippen LogP contribution in [0.25, 0.3) is 0 Å². The van der Waals surface area contributed by atoms with Gasteiger partial charge in [-0.1, -0.05) is 6.92 Å². The first kappa shape index (κ1) is 13.3. The van der Waals surface area contributed by atoms with Crippen LogP contribution in [-0.2, 0) is 16.6 Å². The van der Waals surface area contributed by atoms with E-state index >= 15 is 0 Å². The normalized spacial score (nSPS) is 19.7. The lowest BCUT2D eigenvalue weighted by Crippen LogP contribution is -2.62. The third kappa shape index (κ3) is 2.00. The molecule has 1 aliphatic rings. The molecule has 0 radical (unpaired) electrons. The SMILES string of the molecule is CCn1cc(S(=O)(=O)N2CC(O)(CC)C2)c(N)n1. The van der Waals surface area contributed by atoms with E-state index in [2.05, 4.69) is 5.10 Å². The number of nitrogens with zero attached hydrogens (tertiary/aromatic N) is 3. The summed E-state index contributed by atoms with van der Waals surface area (Å²) in [7, 11) is -3.64. The van der Waals surface area contributed by atoms with Gasteiger partial charge in [0, 0.05) is 25.8 Å². The number of nitrogens with two attached hydrogens (primary N) is 1. The smallest absolute Gasteiger partial charge is 0.248 e. The van der Waals surface area contributed by atoms with E-state index in [9.17, 15) is 13.5 Å². The fourth-order valence-corrected chi connectivity index (χ4v) is 3.58. The lowest BCUT2D eigenvalue weighted by molar-refractivity contribution is -0.0613. The quantitative estimate of drug-likeness (QED) is 0.780. The Morgan fingerprint density at radius 1 is 1.50 bits per heavy atom. The maximum Gasteiger partial charge on any atom is 0.248 e. The molecule has 1 aromatic heterocycles. The number of β-amino-alcohol motifs (C(OH)–C–C–N with tert-alkyl or cyclic N) is 1. The Balaban J connectivity index is 2.25. The maximum atomic E-state index is 12.2. The largest absolute Gasteiger partial charge is 0.387 e.